The van der Waals surface area contributed by atoms with Crippen molar-refractivity contribution in [2.75, 3.05) is 26.2 Å². The predicted octanol–water partition coefficient (Wildman–Crippen LogP) is 0.444. The molecule has 0 radical (unpaired) electrons. The highest BCUT2D eigenvalue weighted by Gasteiger charge is 2.10. The molecule has 1 saturated heterocycles. The third kappa shape index (κ3) is 2.97. The number of aromatic nitrogens is 2. The van der Waals surface area contributed by atoms with Crippen LogP contribution in [0.15, 0.2) is 12.3 Å². The summed E-state index contributed by atoms with van der Waals surface area (Å²) in [5, 5.41) is 3.35. The van der Waals surface area contributed by atoms with Crippen molar-refractivity contribution >= 4 is 0 Å². The average Bonchev–Trinajstić information content (AvgIpc) is 2.31. The fourth-order valence-corrected chi connectivity index (χ4v) is 1.80. The van der Waals surface area contributed by atoms with Crippen LogP contribution in [0, 0.1) is 0 Å². The number of nitrogens with one attached hydrogen (secondary N) is 1. The first-order valence-corrected chi connectivity index (χ1v) is 5.62. The predicted molar refractivity (Wildman–Crippen MR) is 59.6 cm³/mol. The number of rotatable bonds is 3. The summed E-state index contributed by atoms with van der Waals surface area (Å²) in [6.07, 6.45) is 2.78. The number of nitrogens with zero attached hydrogens (tertiary/aromatic N) is 3. The fraction of sp³-hybridized carbons (Fsp3) is 0.636. The lowest BCUT2D eigenvalue weighted by Gasteiger charge is -2.26. The Morgan fingerprint density at radius 1 is 1.40 bits per heavy atom. The van der Waals surface area contributed by atoms with Gasteiger partial charge in [0.25, 0.3) is 0 Å². The molecule has 0 bridgehead atoms. The minimum atomic E-state index is 0.912. The molecule has 4 nitrogen and oxygen atoms in total. The van der Waals surface area contributed by atoms with Crippen molar-refractivity contribution in [3.63, 3.8) is 0 Å². The summed E-state index contributed by atoms with van der Waals surface area (Å²) in [5.74, 6) is 0.947. The number of hydrogen-bond acceptors (Lipinski definition) is 4. The second-order valence-electron chi connectivity index (χ2n) is 3.84. The second kappa shape index (κ2) is 5.19. The highest BCUT2D eigenvalue weighted by Crippen LogP contribution is 2.03. The molecule has 4 heteroatoms. The van der Waals surface area contributed by atoms with Gasteiger partial charge in [-0.05, 0) is 6.07 Å². The maximum Gasteiger partial charge on any atom is 0.128 e. The summed E-state index contributed by atoms with van der Waals surface area (Å²) < 4.78 is 0. The molecule has 1 aromatic rings. The van der Waals surface area contributed by atoms with Crippen LogP contribution in [0.5, 0.6) is 0 Å². The normalized spacial score (nSPS) is 17.9. The van der Waals surface area contributed by atoms with E-state index in [1.807, 2.05) is 12.3 Å². The Morgan fingerprint density at radius 2 is 2.20 bits per heavy atom. The van der Waals surface area contributed by atoms with Crippen LogP contribution in [-0.4, -0.2) is 41.0 Å². The molecule has 0 spiro atoms. The molecular weight excluding hydrogens is 188 g/mol. The number of hydrogen-bond donors (Lipinski definition) is 1. The van der Waals surface area contributed by atoms with Gasteiger partial charge in [0.15, 0.2) is 0 Å². The van der Waals surface area contributed by atoms with Gasteiger partial charge in [0.2, 0.25) is 0 Å². The molecule has 0 aromatic carbocycles. The Hall–Kier alpha value is -1.00. The molecular formula is C11H18N4. The van der Waals surface area contributed by atoms with E-state index in [4.69, 9.17) is 0 Å². The van der Waals surface area contributed by atoms with Crippen LogP contribution >= 0.6 is 0 Å². The minimum absolute atomic E-state index is 0.912. The zero-order chi connectivity index (χ0) is 10.5. The second-order valence-corrected chi connectivity index (χ2v) is 3.84. The molecule has 1 aliphatic heterocycles. The molecule has 15 heavy (non-hydrogen) atoms. The Balaban J connectivity index is 1.96. The van der Waals surface area contributed by atoms with Crippen molar-refractivity contribution in [3.8, 4) is 0 Å². The van der Waals surface area contributed by atoms with Crippen LogP contribution in [0.4, 0.5) is 0 Å². The number of piperazine rings is 1. The summed E-state index contributed by atoms with van der Waals surface area (Å²) in [6, 6.07) is 2.02. The van der Waals surface area contributed by atoms with Crippen molar-refractivity contribution in [3.05, 3.63) is 23.8 Å². The lowest BCUT2D eigenvalue weighted by Crippen LogP contribution is -2.43. The number of aryl methyl sites for hydroxylation is 1. The van der Waals surface area contributed by atoms with E-state index in [0.717, 1.165) is 50.7 Å². The molecule has 0 unspecified atom stereocenters. The Morgan fingerprint density at radius 3 is 2.93 bits per heavy atom. The molecule has 0 saturated carbocycles. The van der Waals surface area contributed by atoms with Gasteiger partial charge in [-0.3, -0.25) is 4.90 Å². The first-order chi connectivity index (χ1) is 7.38. The van der Waals surface area contributed by atoms with Gasteiger partial charge in [-0.15, -0.1) is 0 Å². The summed E-state index contributed by atoms with van der Waals surface area (Å²) >= 11 is 0. The van der Waals surface area contributed by atoms with Crippen LogP contribution in [0.3, 0.4) is 0 Å². The largest absolute Gasteiger partial charge is 0.314 e. The average molecular weight is 206 g/mol. The van der Waals surface area contributed by atoms with Gasteiger partial charge in [-0.1, -0.05) is 6.92 Å². The SMILES string of the molecule is CCc1nccc(CN2CCNCC2)n1. The van der Waals surface area contributed by atoms with Crippen LogP contribution < -0.4 is 5.32 Å². The molecule has 1 fully saturated rings. The van der Waals surface area contributed by atoms with Crippen molar-refractivity contribution in [2.45, 2.75) is 19.9 Å². The molecule has 0 atom stereocenters. The lowest BCUT2D eigenvalue weighted by atomic mass is 10.3. The van der Waals surface area contributed by atoms with E-state index < -0.39 is 0 Å². The third-order valence-electron chi connectivity index (χ3n) is 2.67. The topological polar surface area (TPSA) is 41.1 Å². The zero-order valence-corrected chi connectivity index (χ0v) is 9.24. The van der Waals surface area contributed by atoms with Crippen molar-refractivity contribution in [2.24, 2.45) is 0 Å². The molecule has 2 heterocycles. The summed E-state index contributed by atoms with van der Waals surface area (Å²) in [5.41, 5.74) is 1.14. The van der Waals surface area contributed by atoms with Gasteiger partial charge in [-0.25, -0.2) is 9.97 Å². The fourth-order valence-electron chi connectivity index (χ4n) is 1.80. The van der Waals surface area contributed by atoms with Crippen LogP contribution in [0.1, 0.15) is 18.4 Å². The molecule has 82 valence electrons. The van der Waals surface area contributed by atoms with Crippen molar-refractivity contribution < 1.29 is 0 Å². The first-order valence-electron chi connectivity index (χ1n) is 5.62. The van der Waals surface area contributed by atoms with Crippen LogP contribution in [-0.2, 0) is 13.0 Å². The monoisotopic (exact) mass is 206 g/mol. The molecule has 0 aliphatic carbocycles. The van der Waals surface area contributed by atoms with E-state index in [-0.39, 0.29) is 0 Å². The molecule has 2 rings (SSSR count). The Labute approximate surface area is 90.7 Å². The van der Waals surface area contributed by atoms with E-state index in [1.54, 1.807) is 0 Å². The van der Waals surface area contributed by atoms with Gasteiger partial charge >= 0.3 is 0 Å². The van der Waals surface area contributed by atoms with E-state index in [1.165, 1.54) is 0 Å². The van der Waals surface area contributed by atoms with Gasteiger partial charge in [0.1, 0.15) is 5.82 Å². The van der Waals surface area contributed by atoms with E-state index in [9.17, 15) is 0 Å². The third-order valence-corrected chi connectivity index (χ3v) is 2.67. The van der Waals surface area contributed by atoms with E-state index in [0.29, 0.717) is 0 Å². The highest BCUT2D eigenvalue weighted by atomic mass is 15.2. The van der Waals surface area contributed by atoms with Crippen LogP contribution in [0.25, 0.3) is 0 Å². The van der Waals surface area contributed by atoms with Gasteiger partial charge in [0.05, 0.1) is 5.69 Å². The first kappa shape index (κ1) is 10.5. The lowest BCUT2D eigenvalue weighted by molar-refractivity contribution is 0.230. The minimum Gasteiger partial charge on any atom is -0.314 e. The molecule has 1 aliphatic rings. The summed E-state index contributed by atoms with van der Waals surface area (Å²) in [4.78, 5) is 11.1. The van der Waals surface area contributed by atoms with E-state index in [2.05, 4.69) is 27.1 Å². The smallest absolute Gasteiger partial charge is 0.128 e. The van der Waals surface area contributed by atoms with Crippen molar-refractivity contribution in [1.29, 1.82) is 0 Å². The van der Waals surface area contributed by atoms with Gasteiger partial charge in [-0.2, -0.15) is 0 Å². The Kier molecular flexibility index (Phi) is 3.64. The molecule has 0 amide bonds. The molecule has 1 aromatic heterocycles. The maximum atomic E-state index is 4.51. The highest BCUT2D eigenvalue weighted by molar-refractivity contribution is 5.02. The summed E-state index contributed by atoms with van der Waals surface area (Å²) in [6.45, 7) is 7.45. The van der Waals surface area contributed by atoms with E-state index >= 15 is 0 Å². The van der Waals surface area contributed by atoms with Crippen molar-refractivity contribution in [1.82, 2.24) is 20.2 Å². The van der Waals surface area contributed by atoms with Crippen LogP contribution in [0.2, 0.25) is 0 Å². The molecule has 1 N–H and O–H groups in total. The quantitative estimate of drug-likeness (QED) is 0.779. The standard InChI is InChI=1S/C11H18N4/c1-2-11-13-4-3-10(14-11)9-15-7-5-12-6-8-15/h3-4,12H,2,5-9H2,1H3. The maximum absolute atomic E-state index is 4.51. The van der Waals surface area contributed by atoms with Gasteiger partial charge < -0.3 is 5.32 Å². The Bertz CT molecular complexity index is 307. The zero-order valence-electron chi connectivity index (χ0n) is 9.24. The van der Waals surface area contributed by atoms with Gasteiger partial charge in [0, 0.05) is 45.3 Å². The summed E-state index contributed by atoms with van der Waals surface area (Å²) in [7, 11) is 0.